The van der Waals surface area contributed by atoms with Crippen LogP contribution in [-0.4, -0.2) is 0 Å². The van der Waals surface area contributed by atoms with Crippen molar-refractivity contribution in [3.63, 3.8) is 0 Å². The van der Waals surface area contributed by atoms with Crippen molar-refractivity contribution in [3.05, 3.63) is 404 Å². The van der Waals surface area contributed by atoms with Crippen LogP contribution in [0, 0.1) is 75.9 Å². The Kier molecular flexibility index (Phi) is 20.0. The molecule has 13 aromatic carbocycles. The lowest BCUT2D eigenvalue weighted by molar-refractivity contribution is 0.590. The molecule has 13 rings (SSSR count). The van der Waals surface area contributed by atoms with Crippen LogP contribution in [0.5, 0.6) is 0 Å². The zero-order chi connectivity index (χ0) is 103. The first-order valence-electron chi connectivity index (χ1n) is 50.5. The maximum Gasteiger partial charge on any atom is 0.0347 e. The van der Waals surface area contributed by atoms with Gasteiger partial charge in [-0.2, -0.15) is 0 Å². The van der Waals surface area contributed by atoms with Crippen LogP contribution in [0.4, 0.5) is 0 Å². The number of rotatable bonds is 8. The zero-order valence-electron chi connectivity index (χ0n) is 94.0. The van der Waals surface area contributed by atoms with Crippen molar-refractivity contribution in [2.75, 3.05) is 0 Å². The van der Waals surface area contributed by atoms with Gasteiger partial charge < -0.3 is 0 Å². The van der Waals surface area contributed by atoms with Gasteiger partial charge in [0.25, 0.3) is 0 Å². The molecule has 0 aliphatic rings. The second-order valence-electron chi connectivity index (χ2n) is 27.2. The quantitative estimate of drug-likeness (QED) is 0.142. The van der Waals surface area contributed by atoms with E-state index in [1.165, 1.54) is 34.9 Å². The topological polar surface area (TPSA) is 0 Å². The molecule has 0 bridgehead atoms. The predicted molar refractivity (Wildman–Crippen MR) is 470 cm³/mol. The fraction of sp³-hybridized carbons (Fsp3) is 0.264. The molecule has 0 saturated heterocycles. The molecule has 0 saturated carbocycles. The highest BCUT2D eigenvalue weighted by Crippen LogP contribution is 2.35. The Morgan fingerprint density at radius 1 is 0.236 bits per heavy atom. The van der Waals surface area contributed by atoms with Gasteiger partial charge in [-0.15, -0.1) is 0 Å². The smallest absolute Gasteiger partial charge is 0.0347 e. The summed E-state index contributed by atoms with van der Waals surface area (Å²) in [5, 5.41) is 0. The predicted octanol–water partition coefficient (Wildman–Crippen LogP) is 31.2. The Labute approximate surface area is 686 Å². The van der Waals surface area contributed by atoms with E-state index in [4.69, 9.17) is 41.1 Å². The highest BCUT2D eigenvalue weighted by atomic mass is 14.2. The van der Waals surface area contributed by atoms with Crippen LogP contribution in [0.2, 0.25) is 0 Å². The number of benzene rings is 13. The van der Waals surface area contributed by atoms with Crippen LogP contribution in [0.3, 0.4) is 0 Å². The van der Waals surface area contributed by atoms with Crippen molar-refractivity contribution < 1.29 is 41.1 Å². The number of aryl methyl sites for hydroxylation is 11. The summed E-state index contributed by atoms with van der Waals surface area (Å²) in [6.07, 6.45) is 0. The standard InChI is InChI=1S/2C17H20.3C14H14.3C10H14/c1-13-10-15(14-8-6-5-7-9-14)12-16(11-13)17(2,3)4;1-13-10-11-16(17(2,3)4)15(12-13)14-8-6-5-7-9-14;1-11-8-12(2)10-14(9-11)13-6-4-3-5-7-13;1-11-8-9-14(10-12(11)2)13-6-4-3-5-7-13;1-11-8-9-12(2)14(10-11)13-6-4-3-5-7-13;1-8(2)10-6-4-9(3)5-7-10;1-8(2)10-6-4-5-9(3)7-10;1-8(2)10-7-5-4-6-9(10)3/h2*5-12H,1-4H3;3*3-10H,1-2H3;3*4-8H,1-3H3/i2*2D3,3D3,4D3;2*1D3;2D3;3*8D. The van der Waals surface area contributed by atoms with Gasteiger partial charge in [0, 0.05) is 41.1 Å². The molecule has 0 fully saturated rings. The zero-order valence-corrected chi connectivity index (χ0v) is 64.0. The fourth-order valence-corrected chi connectivity index (χ4v) is 11.2. The normalized spacial score (nSPS) is 16.2. The van der Waals surface area contributed by atoms with Gasteiger partial charge >= 0.3 is 0 Å². The third kappa shape index (κ3) is 28.7. The van der Waals surface area contributed by atoms with Crippen molar-refractivity contribution in [1.82, 2.24) is 0 Å². The van der Waals surface area contributed by atoms with Crippen LogP contribution < -0.4 is 0 Å². The van der Waals surface area contributed by atoms with E-state index in [0.29, 0.717) is 38.9 Å². The second-order valence-corrected chi connectivity index (χ2v) is 27.2. The molecular weight excluding hydrogens is 1270 g/mol. The lowest BCUT2D eigenvalue weighted by Crippen LogP contribution is -2.12. The molecular formula is C106H124. The maximum atomic E-state index is 7.91. The Balaban J connectivity index is 0.000000243. The molecule has 0 heterocycles. The molecule has 106 heavy (non-hydrogen) atoms. The van der Waals surface area contributed by atoms with Gasteiger partial charge in [-0.3, -0.25) is 0 Å². The Hall–Kier alpha value is -10.1. The Morgan fingerprint density at radius 2 is 0.670 bits per heavy atom. The van der Waals surface area contributed by atoms with Crippen LogP contribution in [-0.2, 0) is 10.8 Å². The van der Waals surface area contributed by atoms with Crippen LogP contribution >= 0.6 is 0 Å². The lowest BCUT2D eigenvalue weighted by Gasteiger charge is -2.23. The van der Waals surface area contributed by atoms with Gasteiger partial charge in [-0.1, -0.05) is 437 Å². The minimum Gasteiger partial charge on any atom is -0.0622 e. The van der Waals surface area contributed by atoms with Crippen molar-refractivity contribution in [2.45, 2.75) is 187 Å². The summed E-state index contributed by atoms with van der Waals surface area (Å²) >= 11 is 0. The molecule has 0 spiro atoms. The van der Waals surface area contributed by atoms with Gasteiger partial charge in [0.2, 0.25) is 0 Å². The molecule has 0 aliphatic carbocycles. The summed E-state index contributed by atoms with van der Waals surface area (Å²) in [7, 11) is 0. The van der Waals surface area contributed by atoms with Crippen molar-refractivity contribution in [1.29, 1.82) is 0 Å². The van der Waals surface area contributed by atoms with Crippen molar-refractivity contribution in [2.24, 2.45) is 0 Å². The average Bonchev–Trinajstić information content (AvgIpc) is 0.727. The highest BCUT2D eigenvalue weighted by molar-refractivity contribution is 5.71. The summed E-state index contributed by atoms with van der Waals surface area (Å²) < 4.78 is 232. The molecule has 0 heteroatoms. The van der Waals surface area contributed by atoms with Crippen molar-refractivity contribution >= 4 is 0 Å². The van der Waals surface area contributed by atoms with Gasteiger partial charge in [-0.25, -0.2) is 0 Å². The van der Waals surface area contributed by atoms with Crippen LogP contribution in [0.1, 0.15) is 230 Å². The van der Waals surface area contributed by atoms with Crippen LogP contribution in [0.15, 0.2) is 315 Å². The van der Waals surface area contributed by atoms with E-state index in [-0.39, 0.29) is 11.1 Å². The molecule has 0 unspecified atom stereocenters. The molecule has 0 atom stereocenters. The first-order valence-corrected chi connectivity index (χ1v) is 35.5. The Morgan fingerprint density at radius 3 is 1.13 bits per heavy atom. The van der Waals surface area contributed by atoms with E-state index in [0.717, 1.165) is 77.9 Å². The molecule has 0 nitrogen and oxygen atoms in total. The van der Waals surface area contributed by atoms with Gasteiger partial charge in [0.1, 0.15) is 0 Å². The monoisotopic (exact) mass is 1430 g/mol. The third-order valence-electron chi connectivity index (χ3n) is 17.0. The van der Waals surface area contributed by atoms with E-state index >= 15 is 0 Å². The molecule has 0 radical (unpaired) electrons. The first-order chi connectivity index (χ1) is 62.4. The van der Waals surface area contributed by atoms with E-state index in [9.17, 15) is 0 Å². The average molecular weight is 1430 g/mol. The number of hydrogen-bond donors (Lipinski definition) is 0. The largest absolute Gasteiger partial charge is 0.0622 e. The third-order valence-corrected chi connectivity index (χ3v) is 17.0. The van der Waals surface area contributed by atoms with E-state index in [1.807, 2.05) is 257 Å². The molecule has 13 aromatic rings. The highest BCUT2D eigenvalue weighted by Gasteiger charge is 2.19. The summed E-state index contributed by atoms with van der Waals surface area (Å²) in [5.41, 5.74) is 14.0. The van der Waals surface area contributed by atoms with Gasteiger partial charge in [-0.05, 0) is 210 Å². The first kappa shape index (κ1) is 50.4. The summed E-state index contributed by atoms with van der Waals surface area (Å²) in [6.45, 7) is 1.02. The summed E-state index contributed by atoms with van der Waals surface area (Å²) in [5.74, 6) is -1.40. The minimum absolute atomic E-state index is 0.214. The molecule has 0 N–H and O–H groups in total. The minimum atomic E-state index is -3.28. The SMILES string of the molecule is [2H]C(C)(C)c1ccc(C)cc1.[2H]C(C)(C)c1cccc(C)c1.[2H]C(C)(C)c1ccccc1C.[2H]C([2H])([2H])C(c1cc(C)cc(-c2ccccc2)c1)(C([2H])([2H])[2H])C([2H])([2H])[2H].[2H]C([2H])([2H])C(c1ccc(C)cc1-c1ccccc1)(C([2H])([2H])[2H])C([2H])([2H])[2H].[2H]C([2H])([2H])c1cc(C)cc(-c2ccccc2)c1.[2H]C([2H])([2H])c1ccc(-c2ccccc2)cc1C.[2H]C([2H])([2H])c1ccc(C)cc1-c1ccccc1. The van der Waals surface area contributed by atoms with Crippen molar-refractivity contribution in [3.8, 4) is 55.6 Å². The second kappa shape index (κ2) is 42.1. The van der Waals surface area contributed by atoms with E-state index in [2.05, 4.69) is 26.0 Å². The van der Waals surface area contributed by atoms with Crippen LogP contribution in [0.25, 0.3) is 55.6 Å². The maximum absolute atomic E-state index is 7.91. The molecule has 0 aliphatic heterocycles. The molecule has 0 amide bonds. The van der Waals surface area contributed by atoms with E-state index in [1.54, 1.807) is 111 Å². The summed E-state index contributed by atoms with van der Waals surface area (Å²) in [4.78, 5) is 0. The molecule has 0 aromatic heterocycles. The van der Waals surface area contributed by atoms with Gasteiger partial charge in [0.05, 0.1) is 0 Å². The Bertz CT molecular complexity index is 5860. The van der Waals surface area contributed by atoms with Gasteiger partial charge in [0.15, 0.2) is 0 Å². The summed E-state index contributed by atoms with van der Waals surface area (Å²) in [6, 6.07) is 96.7. The van der Waals surface area contributed by atoms with E-state index < -0.39 is 90.2 Å². The molecule has 548 valence electrons. The lowest BCUT2D eigenvalue weighted by atomic mass is 9.81. The fourth-order valence-electron chi connectivity index (χ4n) is 11.2. The number of hydrogen-bond acceptors (Lipinski definition) is 0.